The lowest BCUT2D eigenvalue weighted by molar-refractivity contribution is -0.131. The van der Waals surface area contributed by atoms with Crippen molar-refractivity contribution in [1.82, 2.24) is 39.7 Å². The molecule has 274 valence electrons. The molecule has 6 aromatic rings. The van der Waals surface area contributed by atoms with E-state index in [4.69, 9.17) is 4.74 Å². The van der Waals surface area contributed by atoms with E-state index in [-0.39, 0.29) is 36.0 Å². The summed E-state index contributed by atoms with van der Waals surface area (Å²) in [5, 5.41) is 8.33. The molecule has 1 saturated heterocycles. The third kappa shape index (κ3) is 6.89. The van der Waals surface area contributed by atoms with Gasteiger partial charge in [0.25, 0.3) is 5.91 Å². The number of ether oxygens (including phenoxy) is 1. The SMILES string of the molecule is COc1cc(F)cnc1N1CCN(C(=O)c2cc3c(-c4ccc(-c5ccncc5)cc4)cc(C4=CCCN(C(=O)CCn5ccnn5)C4)c(F)c3[nH]2)CC1. The molecule has 14 heteroatoms. The van der Waals surface area contributed by atoms with Gasteiger partial charge in [0.15, 0.2) is 17.4 Å². The number of nitrogens with zero attached hydrogens (tertiary/aromatic N) is 8. The number of aromatic nitrogens is 6. The number of H-pyrrole nitrogens is 1. The molecule has 0 aliphatic carbocycles. The van der Waals surface area contributed by atoms with Crippen molar-refractivity contribution in [1.29, 1.82) is 0 Å². The first-order chi connectivity index (χ1) is 26.4. The monoisotopic (exact) mass is 729 g/mol. The lowest BCUT2D eigenvalue weighted by atomic mass is 9.92. The van der Waals surface area contributed by atoms with Gasteiger partial charge in [-0.25, -0.2) is 13.8 Å². The minimum Gasteiger partial charge on any atom is -0.493 e. The van der Waals surface area contributed by atoms with Gasteiger partial charge >= 0.3 is 0 Å². The first kappa shape index (κ1) is 34.6. The van der Waals surface area contributed by atoms with Crippen LogP contribution in [0.3, 0.4) is 0 Å². The maximum atomic E-state index is 16.8. The predicted molar refractivity (Wildman–Crippen MR) is 200 cm³/mol. The number of carbonyl (C=O) groups excluding carboxylic acids is 2. The van der Waals surface area contributed by atoms with Gasteiger partial charge in [0.2, 0.25) is 5.91 Å². The van der Waals surface area contributed by atoms with E-state index >= 15 is 4.39 Å². The Kier molecular flexibility index (Phi) is 9.55. The Morgan fingerprint density at radius 3 is 2.37 bits per heavy atom. The third-order valence-corrected chi connectivity index (χ3v) is 10.1. The summed E-state index contributed by atoms with van der Waals surface area (Å²) in [6.07, 6.45) is 10.7. The molecule has 12 nitrogen and oxygen atoms in total. The van der Waals surface area contributed by atoms with Crippen LogP contribution in [0.15, 0.2) is 91.7 Å². The van der Waals surface area contributed by atoms with Gasteiger partial charge in [-0.15, -0.1) is 5.10 Å². The van der Waals surface area contributed by atoms with Gasteiger partial charge in [0, 0.05) is 81.3 Å². The fourth-order valence-corrected chi connectivity index (χ4v) is 7.20. The summed E-state index contributed by atoms with van der Waals surface area (Å²) < 4.78 is 37.5. The summed E-state index contributed by atoms with van der Waals surface area (Å²) >= 11 is 0. The number of nitrogens with one attached hydrogen (secondary N) is 1. The number of halogens is 2. The summed E-state index contributed by atoms with van der Waals surface area (Å²) in [4.78, 5) is 44.1. The summed E-state index contributed by atoms with van der Waals surface area (Å²) in [5.41, 5.74) is 5.20. The molecule has 0 atom stereocenters. The maximum absolute atomic E-state index is 16.8. The molecule has 0 radical (unpaired) electrons. The van der Waals surface area contributed by atoms with Crippen molar-refractivity contribution in [3.05, 3.63) is 115 Å². The van der Waals surface area contributed by atoms with E-state index in [1.54, 1.807) is 45.3 Å². The van der Waals surface area contributed by atoms with E-state index in [0.717, 1.165) is 28.5 Å². The van der Waals surface area contributed by atoms with E-state index in [1.807, 2.05) is 53.4 Å². The second-order valence-corrected chi connectivity index (χ2v) is 13.3. The van der Waals surface area contributed by atoms with Crippen molar-refractivity contribution in [2.75, 3.05) is 51.3 Å². The van der Waals surface area contributed by atoms with E-state index < -0.39 is 11.6 Å². The number of rotatable bonds is 9. The maximum Gasteiger partial charge on any atom is 0.270 e. The van der Waals surface area contributed by atoms with E-state index in [9.17, 15) is 14.0 Å². The second kappa shape index (κ2) is 14.9. The lowest BCUT2D eigenvalue weighted by Crippen LogP contribution is -2.49. The minimum absolute atomic E-state index is 0.0500. The molecular weight excluding hydrogens is 692 g/mol. The first-order valence-corrected chi connectivity index (χ1v) is 17.8. The number of carbonyl (C=O) groups is 2. The molecule has 0 unspecified atom stereocenters. The molecule has 0 saturated carbocycles. The van der Waals surface area contributed by atoms with Gasteiger partial charge in [-0.05, 0) is 58.5 Å². The number of amides is 2. The molecule has 8 rings (SSSR count). The zero-order valence-corrected chi connectivity index (χ0v) is 29.6. The van der Waals surface area contributed by atoms with Crippen LogP contribution in [0.5, 0.6) is 5.75 Å². The van der Waals surface area contributed by atoms with Crippen LogP contribution in [0.25, 0.3) is 38.7 Å². The number of hydrogen-bond acceptors (Lipinski definition) is 8. The number of hydrogen-bond donors (Lipinski definition) is 1. The molecule has 4 aromatic heterocycles. The Bertz CT molecular complexity index is 2340. The molecule has 0 spiro atoms. The highest BCUT2D eigenvalue weighted by atomic mass is 19.1. The van der Waals surface area contributed by atoms with Gasteiger partial charge in [0.05, 0.1) is 31.6 Å². The predicted octanol–water partition coefficient (Wildman–Crippen LogP) is 5.84. The van der Waals surface area contributed by atoms with E-state index in [2.05, 4.69) is 25.3 Å². The fraction of sp³-hybridized carbons (Fsp3) is 0.250. The number of pyridine rings is 2. The molecule has 1 fully saturated rings. The van der Waals surface area contributed by atoms with Gasteiger partial charge in [-0.3, -0.25) is 19.3 Å². The standard InChI is InChI=1S/C40H37F2N9O3/c1-54-35-21-30(41)24-44-39(35)48-17-19-49(20-18-48)40(53)34-23-33-31(28-6-4-26(5-7-28)27-8-11-43-12-9-27)22-32(37(42)38(33)46-34)29-3-2-14-50(25-29)36(52)10-15-51-16-13-45-47-51/h3-9,11-13,16,21-24,46H,2,10,14-15,17-20,25H2,1H3. The molecule has 6 heterocycles. The van der Waals surface area contributed by atoms with Crippen molar-refractivity contribution in [3.8, 4) is 28.0 Å². The van der Waals surface area contributed by atoms with Crippen LogP contribution in [0.2, 0.25) is 0 Å². The van der Waals surface area contributed by atoms with E-state index in [1.165, 1.54) is 13.2 Å². The summed E-state index contributed by atoms with van der Waals surface area (Å²) in [6, 6.07) is 16.7. The highest BCUT2D eigenvalue weighted by Crippen LogP contribution is 2.38. The Morgan fingerprint density at radius 1 is 0.870 bits per heavy atom. The minimum atomic E-state index is -0.493. The van der Waals surface area contributed by atoms with Crippen molar-refractivity contribution in [3.63, 3.8) is 0 Å². The van der Waals surface area contributed by atoms with Crippen LogP contribution in [0.1, 0.15) is 28.9 Å². The quantitative estimate of drug-likeness (QED) is 0.197. The molecule has 1 N–H and O–H groups in total. The summed E-state index contributed by atoms with van der Waals surface area (Å²) in [5.74, 6) is -0.447. The first-order valence-electron chi connectivity index (χ1n) is 17.8. The fourth-order valence-electron chi connectivity index (χ4n) is 7.20. The zero-order valence-electron chi connectivity index (χ0n) is 29.6. The molecule has 54 heavy (non-hydrogen) atoms. The van der Waals surface area contributed by atoms with Gasteiger partial charge < -0.3 is 24.4 Å². The van der Waals surface area contributed by atoms with Crippen molar-refractivity contribution in [2.45, 2.75) is 19.4 Å². The largest absolute Gasteiger partial charge is 0.493 e. The molecule has 2 amide bonds. The van der Waals surface area contributed by atoms with Crippen LogP contribution in [0.4, 0.5) is 14.6 Å². The highest BCUT2D eigenvalue weighted by molar-refractivity contribution is 6.05. The number of benzene rings is 2. The molecule has 0 bridgehead atoms. The van der Waals surface area contributed by atoms with Crippen LogP contribution >= 0.6 is 0 Å². The Balaban J connectivity index is 1.10. The Hall–Kier alpha value is -6.44. The van der Waals surface area contributed by atoms with Crippen molar-refractivity contribution >= 4 is 34.1 Å². The van der Waals surface area contributed by atoms with Crippen molar-refractivity contribution in [2.24, 2.45) is 0 Å². The van der Waals surface area contributed by atoms with Crippen LogP contribution < -0.4 is 9.64 Å². The normalized spacial score (nSPS) is 14.7. The Morgan fingerprint density at radius 2 is 1.63 bits per heavy atom. The Labute approximate surface area is 309 Å². The zero-order chi connectivity index (χ0) is 37.2. The second-order valence-electron chi connectivity index (χ2n) is 13.3. The number of aryl methyl sites for hydroxylation is 1. The summed E-state index contributed by atoms with van der Waals surface area (Å²) in [6.45, 7) is 2.85. The summed E-state index contributed by atoms with van der Waals surface area (Å²) in [7, 11) is 1.46. The molecule has 2 aliphatic rings. The van der Waals surface area contributed by atoms with Crippen molar-refractivity contribution < 1.29 is 23.1 Å². The molecule has 2 aromatic carbocycles. The number of aromatic amines is 1. The highest BCUT2D eigenvalue weighted by Gasteiger charge is 2.28. The van der Waals surface area contributed by atoms with Crippen LogP contribution in [-0.2, 0) is 11.3 Å². The van der Waals surface area contributed by atoms with Gasteiger partial charge in [-0.2, -0.15) is 0 Å². The number of anilines is 1. The smallest absolute Gasteiger partial charge is 0.270 e. The average Bonchev–Trinajstić information content (AvgIpc) is 3.92. The van der Waals surface area contributed by atoms with Crippen LogP contribution in [-0.4, -0.2) is 97.9 Å². The van der Waals surface area contributed by atoms with E-state index in [0.29, 0.717) is 73.8 Å². The number of piperazine rings is 1. The van der Waals surface area contributed by atoms with Gasteiger partial charge in [0.1, 0.15) is 11.5 Å². The van der Waals surface area contributed by atoms with Crippen LogP contribution in [0, 0.1) is 11.6 Å². The average molecular weight is 730 g/mol. The third-order valence-electron chi connectivity index (χ3n) is 10.1. The topological polar surface area (TPSA) is 125 Å². The number of fused-ring (bicyclic) bond motifs is 1. The molecule has 2 aliphatic heterocycles. The lowest BCUT2D eigenvalue weighted by Gasteiger charge is -2.35. The molecular formula is C40H37F2N9O3. The van der Waals surface area contributed by atoms with Gasteiger partial charge in [-0.1, -0.05) is 35.6 Å². The number of methoxy groups -OCH3 is 1.